The van der Waals surface area contributed by atoms with Gasteiger partial charge < -0.3 is 9.52 Å². The number of nitrogens with zero attached hydrogens (tertiary/aromatic N) is 3. The van der Waals surface area contributed by atoms with E-state index in [4.69, 9.17) is 14.4 Å². The number of imidazole rings is 1. The van der Waals surface area contributed by atoms with E-state index in [1.54, 1.807) is 6.07 Å². The molecule has 0 bridgehead atoms. The number of phenols is 1. The van der Waals surface area contributed by atoms with E-state index in [0.717, 1.165) is 117 Å². The number of aromatic nitrogens is 3. The van der Waals surface area contributed by atoms with Crippen molar-refractivity contribution in [2.24, 2.45) is 0 Å². The van der Waals surface area contributed by atoms with Gasteiger partial charge in [0.25, 0.3) is 0 Å². The first-order valence-corrected chi connectivity index (χ1v) is 26.4. The third kappa shape index (κ3) is 7.99. The van der Waals surface area contributed by atoms with E-state index in [2.05, 4.69) is 227 Å². The molecule has 0 aliphatic heterocycles. The van der Waals surface area contributed by atoms with Gasteiger partial charge in [0, 0.05) is 37.4 Å². The molecule has 0 radical (unpaired) electrons. The minimum Gasteiger partial charge on any atom is -0.507 e. The first kappa shape index (κ1) is 50.8. The Labute approximate surface area is 462 Å². The van der Waals surface area contributed by atoms with E-state index in [1.807, 2.05) is 24.3 Å². The van der Waals surface area contributed by atoms with Crippen molar-refractivity contribution >= 4 is 33.0 Å². The molecular weight excluding hydrogens is 1110 g/mol. The molecule has 6 heteroatoms. The van der Waals surface area contributed by atoms with Crippen molar-refractivity contribution in [1.82, 2.24) is 14.5 Å². The smallest absolute Gasteiger partial charge is 0.163 e. The summed E-state index contributed by atoms with van der Waals surface area (Å²) < 4.78 is 8.79. The minimum atomic E-state index is -0.306. The zero-order valence-corrected chi connectivity index (χ0v) is 47.9. The standard InChI is InChI=1S/C70H64N3O2.Pt/c1-41-20-15-21-42(2)65(41)73-56-36-33-51(61-48(43-22-16-24-46(38-43)67(3,4)5)27-18-28-49(61)44-23-17-25-47(39-44)68(6,7)8)60(45-32-37-59-52(40-45)50-26-13-14-31-58(50)75-59)64(56)72-66(73)55-35-34-54-63(71-55)62-53(29-19-30-57(62)74)69(9,10)70(54,11)12;/h13-31,33-40,74H,1-12H3;/q-1;. The van der Waals surface area contributed by atoms with Crippen molar-refractivity contribution in [2.45, 2.75) is 105 Å². The second-order valence-corrected chi connectivity index (χ2v) is 24.0. The number of para-hydroxylation sites is 2. The molecule has 8 aromatic carbocycles. The average Bonchev–Trinajstić information content (AvgIpc) is 3.98. The van der Waals surface area contributed by atoms with Gasteiger partial charge in [0.15, 0.2) is 5.82 Å². The SMILES string of the molecule is Cc1cccc(C)c1-n1c(-c2ccc3c(n2)-c2c(O)cccc2C(C)(C)C3(C)C)nc2c(-c3[c-]cc4oc5ccccc5c4c3)c(-c3c(-c4cccc(C(C)(C)C)c4)cccc3-c3cccc(C(C)(C)C)c3)ccc21.[Pt]. The number of furan rings is 1. The zero-order valence-electron chi connectivity index (χ0n) is 45.6. The van der Waals surface area contributed by atoms with Crippen LogP contribution < -0.4 is 0 Å². The summed E-state index contributed by atoms with van der Waals surface area (Å²) in [6, 6.07) is 62.5. The van der Waals surface area contributed by atoms with E-state index in [0.29, 0.717) is 11.5 Å². The Morgan fingerprint density at radius 3 is 1.80 bits per heavy atom. The molecule has 5 nitrogen and oxygen atoms in total. The second kappa shape index (κ2) is 18.2. The number of rotatable bonds is 6. The summed E-state index contributed by atoms with van der Waals surface area (Å²) in [6.07, 6.45) is 0. The van der Waals surface area contributed by atoms with Crippen molar-refractivity contribution in [1.29, 1.82) is 0 Å². The maximum Gasteiger partial charge on any atom is 0.163 e. The Balaban J connectivity index is 0.00000616. The summed E-state index contributed by atoms with van der Waals surface area (Å²) in [4.78, 5) is 11.6. The molecule has 3 heterocycles. The molecule has 76 heavy (non-hydrogen) atoms. The van der Waals surface area contributed by atoms with E-state index in [9.17, 15) is 5.11 Å². The Morgan fingerprint density at radius 1 is 0.539 bits per heavy atom. The van der Waals surface area contributed by atoms with Gasteiger partial charge in [0.1, 0.15) is 17.0 Å². The number of hydrogen-bond donors (Lipinski definition) is 1. The van der Waals surface area contributed by atoms with Crippen LogP contribution in [0.5, 0.6) is 5.75 Å². The molecule has 0 atom stereocenters. The molecule has 11 aromatic rings. The quantitative estimate of drug-likeness (QED) is 0.169. The van der Waals surface area contributed by atoms with Gasteiger partial charge in [-0.15, -0.1) is 23.8 Å². The summed E-state index contributed by atoms with van der Waals surface area (Å²) in [5.41, 5.74) is 21.5. The van der Waals surface area contributed by atoms with E-state index in [-0.39, 0.29) is 48.5 Å². The maximum atomic E-state index is 11.8. The van der Waals surface area contributed by atoms with Gasteiger partial charge >= 0.3 is 0 Å². The van der Waals surface area contributed by atoms with Crippen molar-refractivity contribution < 1.29 is 30.6 Å². The van der Waals surface area contributed by atoms with Gasteiger partial charge in [-0.25, -0.2) is 9.97 Å². The second-order valence-electron chi connectivity index (χ2n) is 24.0. The van der Waals surface area contributed by atoms with Crippen LogP contribution in [-0.2, 0) is 42.7 Å². The molecule has 0 amide bonds. The van der Waals surface area contributed by atoms with Gasteiger partial charge in [-0.2, -0.15) is 0 Å². The summed E-state index contributed by atoms with van der Waals surface area (Å²) in [7, 11) is 0. The fourth-order valence-electron chi connectivity index (χ4n) is 11.9. The average molecular weight is 1170 g/mol. The largest absolute Gasteiger partial charge is 0.507 e. The number of pyridine rings is 1. The van der Waals surface area contributed by atoms with Crippen molar-refractivity contribution in [2.75, 3.05) is 0 Å². The van der Waals surface area contributed by atoms with Crippen LogP contribution in [0.15, 0.2) is 168 Å². The predicted molar refractivity (Wildman–Crippen MR) is 312 cm³/mol. The first-order valence-electron chi connectivity index (χ1n) is 26.4. The summed E-state index contributed by atoms with van der Waals surface area (Å²) in [5, 5.41) is 13.8. The van der Waals surface area contributed by atoms with Gasteiger partial charge in [-0.1, -0.05) is 208 Å². The van der Waals surface area contributed by atoms with Crippen LogP contribution in [0.25, 0.3) is 106 Å². The summed E-state index contributed by atoms with van der Waals surface area (Å²) in [6.45, 7) is 27.2. The molecule has 0 saturated heterocycles. The maximum absolute atomic E-state index is 11.8. The molecule has 12 rings (SSSR count). The van der Waals surface area contributed by atoms with Crippen molar-refractivity contribution in [3.63, 3.8) is 0 Å². The normalized spacial score (nSPS) is 13.9. The molecule has 1 aliphatic carbocycles. The van der Waals surface area contributed by atoms with Gasteiger partial charge in [0.05, 0.1) is 28.0 Å². The van der Waals surface area contributed by atoms with Gasteiger partial charge in [-0.05, 0) is 121 Å². The van der Waals surface area contributed by atoms with Crippen LogP contribution in [0, 0.1) is 19.9 Å². The number of fused-ring (bicyclic) bond motifs is 7. The number of aryl methyl sites for hydroxylation is 2. The third-order valence-electron chi connectivity index (χ3n) is 16.8. The van der Waals surface area contributed by atoms with Crippen molar-refractivity contribution in [3.8, 4) is 78.7 Å². The minimum absolute atomic E-state index is 0. The fraction of sp³-hybridized carbons (Fsp3) is 0.229. The van der Waals surface area contributed by atoms with E-state index < -0.39 is 0 Å². The Morgan fingerprint density at radius 2 is 1.14 bits per heavy atom. The Kier molecular flexibility index (Phi) is 12.1. The first-order chi connectivity index (χ1) is 35.7. The molecule has 0 spiro atoms. The molecule has 1 N–H and O–H groups in total. The number of aromatic hydroxyl groups is 1. The number of benzene rings is 8. The molecule has 0 unspecified atom stereocenters. The fourth-order valence-corrected chi connectivity index (χ4v) is 11.9. The Bertz CT molecular complexity index is 4040. The molecule has 1 aliphatic rings. The molecular formula is C70H64N3O2Pt-. The molecule has 382 valence electrons. The third-order valence-corrected chi connectivity index (χ3v) is 16.8. The van der Waals surface area contributed by atoms with Gasteiger partial charge in [0.2, 0.25) is 0 Å². The van der Waals surface area contributed by atoms with Crippen LogP contribution in [0.1, 0.15) is 103 Å². The van der Waals surface area contributed by atoms with Crippen LogP contribution in [0.4, 0.5) is 0 Å². The van der Waals surface area contributed by atoms with Gasteiger partial charge in [-0.3, -0.25) is 4.57 Å². The van der Waals surface area contributed by atoms with E-state index >= 15 is 0 Å². The summed E-state index contributed by atoms with van der Waals surface area (Å²) in [5.74, 6) is 0.938. The van der Waals surface area contributed by atoms with Crippen LogP contribution >= 0.6 is 0 Å². The summed E-state index contributed by atoms with van der Waals surface area (Å²) >= 11 is 0. The number of phenolic OH excluding ortho intramolecular Hbond substituents is 1. The Hall–Kier alpha value is -7.33. The van der Waals surface area contributed by atoms with Crippen LogP contribution in [0.3, 0.4) is 0 Å². The molecule has 0 saturated carbocycles. The zero-order chi connectivity index (χ0) is 52.5. The topological polar surface area (TPSA) is 64.1 Å². The van der Waals surface area contributed by atoms with Crippen LogP contribution in [-0.4, -0.2) is 19.6 Å². The number of hydrogen-bond acceptors (Lipinski definition) is 4. The van der Waals surface area contributed by atoms with Crippen molar-refractivity contribution in [3.05, 3.63) is 203 Å². The molecule has 0 fully saturated rings. The van der Waals surface area contributed by atoms with E-state index in [1.165, 1.54) is 11.1 Å². The monoisotopic (exact) mass is 1170 g/mol. The van der Waals surface area contributed by atoms with Crippen LogP contribution in [0.2, 0.25) is 0 Å². The predicted octanol–water partition coefficient (Wildman–Crippen LogP) is 18.6. The molecule has 3 aromatic heterocycles.